The Balaban J connectivity index is 1.88. The van der Waals surface area contributed by atoms with Gasteiger partial charge in [-0.3, -0.25) is 0 Å². The third kappa shape index (κ3) is 2.96. The van der Waals surface area contributed by atoms with Crippen molar-refractivity contribution in [1.82, 2.24) is 0 Å². The van der Waals surface area contributed by atoms with Crippen molar-refractivity contribution in [1.29, 1.82) is 0 Å². The zero-order valence-corrected chi connectivity index (χ0v) is 12.1. The summed E-state index contributed by atoms with van der Waals surface area (Å²) in [6.07, 6.45) is 2.43. The fourth-order valence-corrected chi connectivity index (χ4v) is 2.66. The molecule has 0 aliphatic heterocycles. The van der Waals surface area contributed by atoms with Gasteiger partial charge in [0.25, 0.3) is 0 Å². The summed E-state index contributed by atoms with van der Waals surface area (Å²) in [5.41, 5.74) is 3.36. The van der Waals surface area contributed by atoms with Crippen LogP contribution < -0.4 is 5.32 Å². The molecular formula is C17H17ClFN. The number of anilines is 1. The molecule has 3 heteroatoms. The maximum Gasteiger partial charge on any atom is 0.123 e. The van der Waals surface area contributed by atoms with Gasteiger partial charge in [0.1, 0.15) is 5.82 Å². The van der Waals surface area contributed by atoms with E-state index in [0.717, 1.165) is 16.3 Å². The molecule has 0 amide bonds. The summed E-state index contributed by atoms with van der Waals surface area (Å²) in [4.78, 5) is 0. The van der Waals surface area contributed by atoms with Gasteiger partial charge in [-0.2, -0.15) is 0 Å². The highest BCUT2D eigenvalue weighted by Crippen LogP contribution is 2.43. The van der Waals surface area contributed by atoms with Crippen LogP contribution in [-0.4, -0.2) is 0 Å². The van der Waals surface area contributed by atoms with Crippen molar-refractivity contribution >= 4 is 17.3 Å². The Labute approximate surface area is 123 Å². The van der Waals surface area contributed by atoms with Gasteiger partial charge in [0, 0.05) is 10.7 Å². The number of aryl methyl sites for hydroxylation is 1. The Hall–Kier alpha value is -1.54. The van der Waals surface area contributed by atoms with Crippen LogP contribution in [0.25, 0.3) is 0 Å². The van der Waals surface area contributed by atoms with Crippen molar-refractivity contribution in [2.24, 2.45) is 5.92 Å². The van der Waals surface area contributed by atoms with E-state index in [-0.39, 0.29) is 11.9 Å². The van der Waals surface area contributed by atoms with Crippen LogP contribution in [0.4, 0.5) is 10.1 Å². The smallest absolute Gasteiger partial charge is 0.123 e. The van der Waals surface area contributed by atoms with E-state index >= 15 is 0 Å². The van der Waals surface area contributed by atoms with Gasteiger partial charge in [0.05, 0.1) is 6.04 Å². The van der Waals surface area contributed by atoms with Crippen LogP contribution in [0.2, 0.25) is 5.02 Å². The van der Waals surface area contributed by atoms with Crippen molar-refractivity contribution in [2.45, 2.75) is 25.8 Å². The second-order valence-corrected chi connectivity index (χ2v) is 5.91. The summed E-state index contributed by atoms with van der Waals surface area (Å²) in [7, 11) is 0. The molecule has 1 fully saturated rings. The van der Waals surface area contributed by atoms with E-state index in [1.54, 1.807) is 0 Å². The second-order valence-electron chi connectivity index (χ2n) is 5.47. The Morgan fingerprint density at radius 2 is 1.85 bits per heavy atom. The fraction of sp³-hybridized carbons (Fsp3) is 0.294. The Kier molecular flexibility index (Phi) is 3.66. The zero-order valence-electron chi connectivity index (χ0n) is 11.4. The van der Waals surface area contributed by atoms with Gasteiger partial charge in [-0.05, 0) is 61.1 Å². The molecule has 0 saturated heterocycles. The largest absolute Gasteiger partial charge is 0.378 e. The van der Waals surface area contributed by atoms with Crippen LogP contribution in [0, 0.1) is 18.7 Å². The van der Waals surface area contributed by atoms with Gasteiger partial charge in [0.15, 0.2) is 0 Å². The number of hydrogen-bond donors (Lipinski definition) is 1. The molecule has 1 atom stereocenters. The summed E-state index contributed by atoms with van der Waals surface area (Å²) < 4.78 is 13.1. The Bertz CT molecular complexity index is 605. The zero-order chi connectivity index (χ0) is 14.1. The first-order chi connectivity index (χ1) is 9.63. The first-order valence-electron chi connectivity index (χ1n) is 6.91. The highest BCUT2D eigenvalue weighted by atomic mass is 35.5. The predicted molar refractivity (Wildman–Crippen MR) is 81.7 cm³/mol. The van der Waals surface area contributed by atoms with E-state index < -0.39 is 0 Å². The van der Waals surface area contributed by atoms with Crippen molar-refractivity contribution in [3.8, 4) is 0 Å². The molecule has 20 heavy (non-hydrogen) atoms. The second kappa shape index (κ2) is 5.45. The lowest BCUT2D eigenvalue weighted by Crippen LogP contribution is -2.13. The first-order valence-corrected chi connectivity index (χ1v) is 7.29. The van der Waals surface area contributed by atoms with E-state index in [9.17, 15) is 4.39 Å². The highest BCUT2D eigenvalue weighted by Gasteiger charge is 2.32. The molecule has 1 nitrogen and oxygen atoms in total. The molecule has 1 saturated carbocycles. The van der Waals surface area contributed by atoms with E-state index in [2.05, 4.69) is 12.2 Å². The van der Waals surface area contributed by atoms with Gasteiger partial charge in [-0.25, -0.2) is 4.39 Å². The molecule has 1 N–H and O–H groups in total. The van der Waals surface area contributed by atoms with Gasteiger partial charge in [-0.15, -0.1) is 0 Å². The van der Waals surface area contributed by atoms with Crippen molar-refractivity contribution < 1.29 is 4.39 Å². The van der Waals surface area contributed by atoms with Crippen LogP contribution in [0.5, 0.6) is 0 Å². The summed E-state index contributed by atoms with van der Waals surface area (Å²) >= 11 is 6.07. The van der Waals surface area contributed by atoms with E-state index in [4.69, 9.17) is 11.6 Å². The molecular weight excluding hydrogens is 273 g/mol. The number of benzene rings is 2. The molecule has 3 rings (SSSR count). The first kappa shape index (κ1) is 13.4. The molecule has 2 aromatic rings. The van der Waals surface area contributed by atoms with Crippen molar-refractivity contribution in [2.75, 3.05) is 5.32 Å². The van der Waals surface area contributed by atoms with Crippen molar-refractivity contribution in [3.05, 3.63) is 64.4 Å². The average Bonchev–Trinajstić information content (AvgIpc) is 3.25. The minimum absolute atomic E-state index is 0.192. The molecule has 0 heterocycles. The standard InChI is InChI=1S/C17H17ClFN/c1-11-2-7-14(18)10-16(11)20-17(12-3-4-12)13-5-8-15(19)9-6-13/h2,5-10,12,17,20H,3-4H2,1H3. The van der Waals surface area contributed by atoms with E-state index in [1.165, 1.54) is 30.5 Å². The molecule has 104 valence electrons. The number of hydrogen-bond acceptors (Lipinski definition) is 1. The average molecular weight is 290 g/mol. The molecule has 0 radical (unpaired) electrons. The van der Waals surface area contributed by atoms with E-state index in [0.29, 0.717) is 5.92 Å². The topological polar surface area (TPSA) is 12.0 Å². The molecule has 1 aliphatic carbocycles. The third-order valence-corrected chi connectivity index (χ3v) is 4.07. The molecule has 1 aliphatic rings. The summed E-state index contributed by atoms with van der Waals surface area (Å²) in [5, 5.41) is 4.31. The lowest BCUT2D eigenvalue weighted by atomic mass is 10.0. The van der Waals surface area contributed by atoms with Gasteiger partial charge in [-0.1, -0.05) is 29.8 Å². The highest BCUT2D eigenvalue weighted by molar-refractivity contribution is 6.30. The Morgan fingerprint density at radius 1 is 1.15 bits per heavy atom. The predicted octanol–water partition coefficient (Wildman–Crippen LogP) is 5.35. The Morgan fingerprint density at radius 3 is 2.50 bits per heavy atom. The normalized spacial score (nSPS) is 15.9. The molecule has 0 aromatic heterocycles. The van der Waals surface area contributed by atoms with E-state index in [1.807, 2.05) is 30.3 Å². The molecule has 2 aromatic carbocycles. The lowest BCUT2D eigenvalue weighted by molar-refractivity contribution is 0.622. The summed E-state index contributed by atoms with van der Waals surface area (Å²) in [6, 6.07) is 12.9. The number of rotatable bonds is 4. The quantitative estimate of drug-likeness (QED) is 0.800. The van der Waals surface area contributed by atoms with Crippen LogP contribution >= 0.6 is 11.6 Å². The van der Waals surface area contributed by atoms with Gasteiger partial charge in [0.2, 0.25) is 0 Å². The van der Waals surface area contributed by atoms with Crippen LogP contribution in [0.1, 0.15) is 30.0 Å². The fourth-order valence-electron chi connectivity index (χ4n) is 2.49. The van der Waals surface area contributed by atoms with Gasteiger partial charge >= 0.3 is 0 Å². The third-order valence-electron chi connectivity index (χ3n) is 3.83. The van der Waals surface area contributed by atoms with Crippen LogP contribution in [0.15, 0.2) is 42.5 Å². The number of halogens is 2. The lowest BCUT2D eigenvalue weighted by Gasteiger charge is -2.21. The monoisotopic (exact) mass is 289 g/mol. The minimum Gasteiger partial charge on any atom is -0.378 e. The van der Waals surface area contributed by atoms with Crippen LogP contribution in [-0.2, 0) is 0 Å². The number of nitrogens with one attached hydrogen (secondary N) is 1. The van der Waals surface area contributed by atoms with Crippen LogP contribution in [0.3, 0.4) is 0 Å². The SMILES string of the molecule is Cc1ccc(Cl)cc1NC(c1ccc(F)cc1)C1CC1. The van der Waals surface area contributed by atoms with Gasteiger partial charge < -0.3 is 5.32 Å². The maximum atomic E-state index is 13.1. The summed E-state index contributed by atoms with van der Waals surface area (Å²) in [5.74, 6) is 0.432. The minimum atomic E-state index is -0.192. The van der Waals surface area contributed by atoms with Crippen molar-refractivity contribution in [3.63, 3.8) is 0 Å². The summed E-state index contributed by atoms with van der Waals surface area (Å²) in [6.45, 7) is 2.06. The molecule has 0 spiro atoms. The molecule has 1 unspecified atom stereocenters. The maximum absolute atomic E-state index is 13.1. The molecule has 0 bridgehead atoms.